The molecule has 1 amide bonds. The molecule has 1 aliphatic rings. The number of hydrogen-bond acceptors (Lipinski definition) is 5. The lowest BCUT2D eigenvalue weighted by Gasteiger charge is -2.23. The van der Waals surface area contributed by atoms with E-state index in [0.29, 0.717) is 16.3 Å². The van der Waals surface area contributed by atoms with Crippen LogP contribution < -0.4 is 15.8 Å². The van der Waals surface area contributed by atoms with E-state index in [2.05, 4.69) is 41.2 Å². The number of nitrogens with zero attached hydrogens (tertiary/aromatic N) is 5. The smallest absolute Gasteiger partial charge is 0.276 e. The number of para-hydroxylation sites is 1. The highest BCUT2D eigenvalue weighted by Gasteiger charge is 2.27. The third-order valence-corrected chi connectivity index (χ3v) is 6.85. The van der Waals surface area contributed by atoms with Crippen molar-refractivity contribution in [3.05, 3.63) is 76.3 Å². The van der Waals surface area contributed by atoms with Crippen molar-refractivity contribution in [2.45, 2.75) is 39.7 Å². The number of halogens is 2. The van der Waals surface area contributed by atoms with Crippen LogP contribution in [0.3, 0.4) is 0 Å². The minimum absolute atomic E-state index is 0.154. The Labute approximate surface area is 212 Å². The molecule has 37 heavy (non-hydrogen) atoms. The van der Waals surface area contributed by atoms with Gasteiger partial charge in [0.1, 0.15) is 11.4 Å². The summed E-state index contributed by atoms with van der Waals surface area (Å²) in [6, 6.07) is 9.46. The number of rotatable bonds is 6. The first-order valence-electron chi connectivity index (χ1n) is 12.4. The molecule has 3 heterocycles. The number of aromatic nitrogens is 4. The van der Waals surface area contributed by atoms with E-state index in [4.69, 9.17) is 0 Å². The Morgan fingerprint density at radius 2 is 1.86 bits per heavy atom. The summed E-state index contributed by atoms with van der Waals surface area (Å²) in [6.45, 7) is 8.00. The summed E-state index contributed by atoms with van der Waals surface area (Å²) in [5.41, 5.74) is 0.875. The molecule has 1 N–H and O–H groups in total. The standard InChI is InChI=1S/C27H28F2N6O2/c1-4-17-12-13-33(15-17)25-18-14-30-34(16(2)3)23(18)10-8-21(25)31-27(37)22-9-11-24(36)35(32-22)26-19(28)6-5-7-20(26)29/h5-11,14,16-17H,4,12-13,15H2,1-3H3,(H,31,37)/t17-/m0/s1. The highest BCUT2D eigenvalue weighted by Crippen LogP contribution is 2.39. The Bertz CT molecular complexity index is 1520. The van der Waals surface area contributed by atoms with Gasteiger partial charge < -0.3 is 10.2 Å². The van der Waals surface area contributed by atoms with E-state index in [-0.39, 0.29) is 11.7 Å². The molecule has 1 aliphatic heterocycles. The normalized spacial score (nSPS) is 15.6. The molecule has 0 radical (unpaired) electrons. The molecule has 1 atom stereocenters. The van der Waals surface area contributed by atoms with Gasteiger partial charge in [0.15, 0.2) is 11.6 Å². The molecule has 2 aromatic heterocycles. The highest BCUT2D eigenvalue weighted by atomic mass is 19.1. The molecule has 1 saturated heterocycles. The van der Waals surface area contributed by atoms with Crippen LogP contribution in [0.4, 0.5) is 20.2 Å². The maximum atomic E-state index is 14.3. The van der Waals surface area contributed by atoms with E-state index in [9.17, 15) is 18.4 Å². The molecular weight excluding hydrogens is 478 g/mol. The van der Waals surface area contributed by atoms with Crippen LogP contribution in [-0.4, -0.2) is 38.6 Å². The van der Waals surface area contributed by atoms with Crippen molar-refractivity contribution < 1.29 is 13.6 Å². The van der Waals surface area contributed by atoms with Gasteiger partial charge in [-0.15, -0.1) is 0 Å². The lowest BCUT2D eigenvalue weighted by molar-refractivity contribution is 0.102. The van der Waals surface area contributed by atoms with Crippen molar-refractivity contribution in [3.63, 3.8) is 0 Å². The minimum Gasteiger partial charge on any atom is -0.369 e. The molecule has 4 aromatic rings. The maximum Gasteiger partial charge on any atom is 0.276 e. The lowest BCUT2D eigenvalue weighted by atomic mass is 10.1. The SMILES string of the molecule is CC[C@H]1CCN(c2c(NC(=O)c3ccc(=O)n(-c4c(F)cccc4F)n3)ccc3c2cnn3C(C)C)C1. The van der Waals surface area contributed by atoms with Crippen molar-refractivity contribution in [2.24, 2.45) is 5.92 Å². The van der Waals surface area contributed by atoms with Crippen LogP contribution in [0, 0.1) is 17.6 Å². The van der Waals surface area contributed by atoms with Gasteiger partial charge in [-0.3, -0.25) is 14.3 Å². The monoisotopic (exact) mass is 506 g/mol. The summed E-state index contributed by atoms with van der Waals surface area (Å²) in [5, 5.41) is 12.4. The van der Waals surface area contributed by atoms with E-state index in [0.717, 1.165) is 60.7 Å². The summed E-state index contributed by atoms with van der Waals surface area (Å²) in [5.74, 6) is -1.96. The van der Waals surface area contributed by atoms with E-state index < -0.39 is 28.8 Å². The Balaban J connectivity index is 1.55. The zero-order chi connectivity index (χ0) is 26.3. The molecule has 1 fully saturated rings. The van der Waals surface area contributed by atoms with Gasteiger partial charge in [-0.2, -0.15) is 14.9 Å². The second-order valence-electron chi connectivity index (χ2n) is 9.58. The average Bonchev–Trinajstić information content (AvgIpc) is 3.52. The Morgan fingerprint density at radius 1 is 1.11 bits per heavy atom. The number of hydrogen-bond donors (Lipinski definition) is 1. The van der Waals surface area contributed by atoms with E-state index >= 15 is 0 Å². The Morgan fingerprint density at radius 3 is 2.54 bits per heavy atom. The second-order valence-corrected chi connectivity index (χ2v) is 9.58. The molecule has 0 bridgehead atoms. The topological polar surface area (TPSA) is 85.1 Å². The lowest BCUT2D eigenvalue weighted by Crippen LogP contribution is -2.27. The number of amides is 1. The molecule has 0 aliphatic carbocycles. The van der Waals surface area contributed by atoms with Gasteiger partial charge in [-0.25, -0.2) is 8.78 Å². The summed E-state index contributed by atoms with van der Waals surface area (Å²) in [6.07, 6.45) is 3.94. The fraction of sp³-hybridized carbons (Fsp3) is 0.333. The van der Waals surface area contributed by atoms with Crippen molar-refractivity contribution >= 4 is 28.2 Å². The number of benzene rings is 2. The van der Waals surface area contributed by atoms with Crippen LogP contribution >= 0.6 is 0 Å². The number of nitrogens with one attached hydrogen (secondary N) is 1. The number of carbonyl (C=O) groups excluding carboxylic acids is 1. The zero-order valence-corrected chi connectivity index (χ0v) is 20.9. The van der Waals surface area contributed by atoms with Crippen molar-refractivity contribution in [1.29, 1.82) is 0 Å². The van der Waals surface area contributed by atoms with Crippen LogP contribution in [0.1, 0.15) is 50.1 Å². The number of carbonyl (C=O) groups is 1. The van der Waals surface area contributed by atoms with Gasteiger partial charge >= 0.3 is 0 Å². The summed E-state index contributed by atoms with van der Waals surface area (Å²) in [4.78, 5) is 27.9. The first kappa shape index (κ1) is 24.6. The fourth-order valence-electron chi connectivity index (χ4n) is 4.90. The van der Waals surface area contributed by atoms with E-state index in [1.165, 1.54) is 12.1 Å². The van der Waals surface area contributed by atoms with Gasteiger partial charge in [0, 0.05) is 30.6 Å². The number of fused-ring (bicyclic) bond motifs is 1. The average molecular weight is 507 g/mol. The molecule has 10 heteroatoms. The molecule has 0 spiro atoms. The van der Waals surface area contributed by atoms with Gasteiger partial charge in [0.2, 0.25) is 0 Å². The summed E-state index contributed by atoms with van der Waals surface area (Å²) < 4.78 is 31.2. The van der Waals surface area contributed by atoms with Crippen LogP contribution in [0.5, 0.6) is 0 Å². The third-order valence-electron chi connectivity index (χ3n) is 6.85. The third kappa shape index (κ3) is 4.47. The van der Waals surface area contributed by atoms with Gasteiger partial charge in [0.25, 0.3) is 11.5 Å². The highest BCUT2D eigenvalue weighted by molar-refractivity contribution is 6.08. The largest absolute Gasteiger partial charge is 0.369 e. The molecule has 0 saturated carbocycles. The first-order valence-corrected chi connectivity index (χ1v) is 12.4. The predicted octanol–water partition coefficient (Wildman–Crippen LogP) is 4.93. The molecule has 192 valence electrons. The van der Waals surface area contributed by atoms with Crippen molar-refractivity contribution in [1.82, 2.24) is 19.6 Å². The van der Waals surface area contributed by atoms with Crippen molar-refractivity contribution in [2.75, 3.05) is 23.3 Å². The molecule has 5 rings (SSSR count). The minimum atomic E-state index is -0.957. The number of anilines is 2. The zero-order valence-electron chi connectivity index (χ0n) is 20.9. The second kappa shape index (κ2) is 9.76. The molecule has 0 unspecified atom stereocenters. The molecular formula is C27H28F2N6O2. The molecule has 2 aromatic carbocycles. The van der Waals surface area contributed by atoms with Gasteiger partial charge in [-0.05, 0) is 56.5 Å². The maximum absolute atomic E-state index is 14.3. The fourth-order valence-corrected chi connectivity index (χ4v) is 4.90. The Hall–Kier alpha value is -4.08. The van der Waals surface area contributed by atoms with Crippen LogP contribution in [0.15, 0.2) is 53.5 Å². The summed E-state index contributed by atoms with van der Waals surface area (Å²) >= 11 is 0. The quantitative estimate of drug-likeness (QED) is 0.401. The van der Waals surface area contributed by atoms with Crippen molar-refractivity contribution in [3.8, 4) is 5.69 Å². The Kier molecular flexibility index (Phi) is 6.49. The molecule has 8 nitrogen and oxygen atoms in total. The van der Waals surface area contributed by atoms with Crippen LogP contribution in [0.2, 0.25) is 0 Å². The predicted molar refractivity (Wildman–Crippen MR) is 138 cm³/mol. The van der Waals surface area contributed by atoms with Crippen LogP contribution in [-0.2, 0) is 0 Å². The van der Waals surface area contributed by atoms with Gasteiger partial charge in [-0.1, -0.05) is 19.4 Å². The van der Waals surface area contributed by atoms with E-state index in [1.54, 1.807) is 0 Å². The van der Waals surface area contributed by atoms with Crippen LogP contribution in [0.25, 0.3) is 16.6 Å². The first-order chi connectivity index (χ1) is 17.8. The van der Waals surface area contributed by atoms with Gasteiger partial charge in [0.05, 0.1) is 23.1 Å². The van der Waals surface area contributed by atoms with E-state index in [1.807, 2.05) is 23.0 Å². The summed E-state index contributed by atoms with van der Waals surface area (Å²) in [7, 11) is 0.